The number of piperidine rings is 1. The number of pyridine rings is 1. The van der Waals surface area contributed by atoms with E-state index in [0.29, 0.717) is 5.92 Å². The number of allylic oxidation sites excluding steroid dienone is 3. The molecule has 1 N–H and O–H groups in total. The van der Waals surface area contributed by atoms with Gasteiger partial charge in [0.25, 0.3) is 0 Å². The van der Waals surface area contributed by atoms with Gasteiger partial charge >= 0.3 is 6.09 Å². The molecule has 1 fully saturated rings. The highest BCUT2D eigenvalue weighted by molar-refractivity contribution is 5.85. The minimum absolute atomic E-state index is 0.181. The number of anilines is 1. The lowest BCUT2D eigenvalue weighted by molar-refractivity contribution is 0.0167. The Morgan fingerprint density at radius 2 is 2.03 bits per heavy atom. The Balaban J connectivity index is 1.16. The summed E-state index contributed by atoms with van der Waals surface area (Å²) >= 11 is 0. The van der Waals surface area contributed by atoms with Crippen molar-refractivity contribution >= 4 is 18.1 Å². The van der Waals surface area contributed by atoms with Crippen LogP contribution >= 0.6 is 0 Å². The molecule has 36 heavy (non-hydrogen) atoms. The van der Waals surface area contributed by atoms with Gasteiger partial charge in [0, 0.05) is 56.6 Å². The highest BCUT2D eigenvalue weighted by Crippen LogP contribution is 2.34. The van der Waals surface area contributed by atoms with Crippen molar-refractivity contribution in [3.8, 4) is 0 Å². The van der Waals surface area contributed by atoms with Gasteiger partial charge in [0.15, 0.2) is 0 Å². The van der Waals surface area contributed by atoms with E-state index in [0.717, 1.165) is 63.5 Å². The number of aliphatic imine (C=N–C) groups is 1. The van der Waals surface area contributed by atoms with Gasteiger partial charge in [0.05, 0.1) is 11.2 Å². The van der Waals surface area contributed by atoms with Crippen LogP contribution in [0.4, 0.5) is 10.6 Å². The Hall–Kier alpha value is -2.93. The van der Waals surface area contributed by atoms with E-state index in [4.69, 9.17) is 9.73 Å². The molecule has 1 saturated heterocycles. The zero-order valence-corrected chi connectivity index (χ0v) is 22.0. The highest BCUT2D eigenvalue weighted by atomic mass is 16.6. The Kier molecular flexibility index (Phi) is 6.77. The standard InChI is InChI=1S/C29H39N5O2/c1-28(2,3)36-27(35)34-15-9-21(10-16-34)19-33-14-11-25-22(20-33)8-13-30-26(25)32-24-17-23-7-5-6-12-29(23,4)31-18-24/h5-8,12-13,17-18,21,23H,9-11,14-16,19-20H2,1-4H3,(H,30,32). The summed E-state index contributed by atoms with van der Waals surface area (Å²) in [7, 11) is 0. The molecule has 1 aromatic rings. The Morgan fingerprint density at radius 3 is 2.81 bits per heavy atom. The maximum atomic E-state index is 12.4. The van der Waals surface area contributed by atoms with Gasteiger partial charge in [-0.1, -0.05) is 24.3 Å². The first-order valence-corrected chi connectivity index (χ1v) is 13.3. The molecule has 3 aliphatic heterocycles. The van der Waals surface area contributed by atoms with Gasteiger partial charge < -0.3 is 15.0 Å². The number of hydrogen-bond donors (Lipinski definition) is 1. The predicted octanol–water partition coefficient (Wildman–Crippen LogP) is 4.97. The molecule has 7 nitrogen and oxygen atoms in total. The Labute approximate surface area is 215 Å². The summed E-state index contributed by atoms with van der Waals surface area (Å²) < 4.78 is 5.54. The first-order valence-electron chi connectivity index (χ1n) is 13.3. The SMILES string of the molecule is CC(C)(C)OC(=O)N1CCC(CN2CCc3c(ccnc3NC3=CC4C=CC=CC4(C)N=C3)C2)CC1. The fraction of sp³-hybridized carbons (Fsp3) is 0.552. The minimum atomic E-state index is -0.442. The number of nitrogens with one attached hydrogen (secondary N) is 1. The summed E-state index contributed by atoms with van der Waals surface area (Å²) in [4.78, 5) is 26.3. The van der Waals surface area contributed by atoms with Crippen LogP contribution in [-0.4, -0.2) is 64.4 Å². The number of dihydropyridines is 1. The molecule has 1 aliphatic carbocycles. The molecule has 1 amide bonds. The second kappa shape index (κ2) is 9.85. The number of ether oxygens (including phenoxy) is 1. The van der Waals surface area contributed by atoms with Crippen LogP contribution in [-0.2, 0) is 17.7 Å². The number of fused-ring (bicyclic) bond motifs is 2. The molecular weight excluding hydrogens is 450 g/mol. The van der Waals surface area contributed by atoms with Crippen molar-refractivity contribution < 1.29 is 9.53 Å². The van der Waals surface area contributed by atoms with E-state index in [2.05, 4.69) is 58.6 Å². The monoisotopic (exact) mass is 489 g/mol. The summed E-state index contributed by atoms with van der Waals surface area (Å²) in [6, 6.07) is 2.16. The molecule has 0 saturated carbocycles. The van der Waals surface area contributed by atoms with Crippen molar-refractivity contribution in [2.75, 3.05) is 31.5 Å². The molecule has 1 aromatic heterocycles. The molecule has 7 heteroatoms. The van der Waals surface area contributed by atoms with Crippen molar-refractivity contribution in [1.82, 2.24) is 14.8 Å². The summed E-state index contributed by atoms with van der Waals surface area (Å²) in [6.45, 7) is 12.5. The number of aromatic nitrogens is 1. The maximum Gasteiger partial charge on any atom is 0.410 e. The Bertz CT molecular complexity index is 1110. The lowest BCUT2D eigenvalue weighted by Gasteiger charge is -2.37. The van der Waals surface area contributed by atoms with E-state index < -0.39 is 5.60 Å². The topological polar surface area (TPSA) is 70.1 Å². The number of carbonyl (C=O) groups excluding carboxylic acids is 1. The number of carbonyl (C=O) groups is 1. The van der Waals surface area contributed by atoms with Crippen LogP contribution in [0.25, 0.3) is 0 Å². The average molecular weight is 490 g/mol. The van der Waals surface area contributed by atoms with Gasteiger partial charge in [-0.05, 0) is 70.6 Å². The van der Waals surface area contributed by atoms with Crippen molar-refractivity contribution in [2.24, 2.45) is 16.8 Å². The number of rotatable bonds is 4. The molecule has 0 radical (unpaired) electrons. The van der Waals surface area contributed by atoms with E-state index in [-0.39, 0.29) is 17.6 Å². The zero-order chi connectivity index (χ0) is 25.3. The second-order valence-corrected chi connectivity index (χ2v) is 11.7. The van der Waals surface area contributed by atoms with E-state index in [1.807, 2.05) is 38.1 Å². The smallest absolute Gasteiger partial charge is 0.410 e. The van der Waals surface area contributed by atoms with Crippen LogP contribution in [0.2, 0.25) is 0 Å². The fourth-order valence-corrected chi connectivity index (χ4v) is 5.55. The van der Waals surface area contributed by atoms with Crippen LogP contribution in [0.3, 0.4) is 0 Å². The molecule has 4 heterocycles. The van der Waals surface area contributed by atoms with Crippen molar-refractivity contribution in [1.29, 1.82) is 0 Å². The third-order valence-electron chi connectivity index (χ3n) is 7.65. The van der Waals surface area contributed by atoms with Crippen LogP contribution in [0.5, 0.6) is 0 Å². The lowest BCUT2D eigenvalue weighted by atomic mass is 9.81. The first kappa shape index (κ1) is 24.8. The summed E-state index contributed by atoms with van der Waals surface area (Å²) in [5, 5.41) is 3.56. The lowest BCUT2D eigenvalue weighted by Crippen LogP contribution is -2.44. The van der Waals surface area contributed by atoms with E-state index in [1.54, 1.807) is 0 Å². The van der Waals surface area contributed by atoms with Gasteiger partial charge in [0.2, 0.25) is 0 Å². The van der Waals surface area contributed by atoms with E-state index in [1.165, 1.54) is 11.1 Å². The molecule has 0 aromatic carbocycles. The van der Waals surface area contributed by atoms with Crippen LogP contribution < -0.4 is 5.32 Å². The number of likely N-dealkylation sites (tertiary alicyclic amines) is 1. The van der Waals surface area contributed by atoms with E-state index in [9.17, 15) is 4.79 Å². The van der Waals surface area contributed by atoms with Crippen LogP contribution in [0, 0.1) is 11.8 Å². The summed E-state index contributed by atoms with van der Waals surface area (Å²) in [5.41, 5.74) is 3.05. The largest absolute Gasteiger partial charge is 0.444 e. The molecule has 0 bridgehead atoms. The molecule has 0 spiro atoms. The van der Waals surface area contributed by atoms with Gasteiger partial charge in [-0.3, -0.25) is 9.89 Å². The Morgan fingerprint density at radius 1 is 1.22 bits per heavy atom. The van der Waals surface area contributed by atoms with Gasteiger partial charge in [0.1, 0.15) is 11.4 Å². The third kappa shape index (κ3) is 5.56. The van der Waals surface area contributed by atoms with Crippen LogP contribution in [0.1, 0.15) is 51.7 Å². The maximum absolute atomic E-state index is 12.4. The van der Waals surface area contributed by atoms with Crippen molar-refractivity contribution in [2.45, 2.75) is 64.6 Å². The van der Waals surface area contributed by atoms with Gasteiger partial charge in [-0.15, -0.1) is 0 Å². The molecule has 5 rings (SSSR count). The van der Waals surface area contributed by atoms with Gasteiger partial charge in [-0.2, -0.15) is 0 Å². The minimum Gasteiger partial charge on any atom is -0.444 e. The number of hydrogen-bond acceptors (Lipinski definition) is 6. The first-order chi connectivity index (χ1) is 17.2. The molecule has 2 unspecified atom stereocenters. The number of nitrogens with zero attached hydrogens (tertiary/aromatic N) is 4. The predicted molar refractivity (Wildman–Crippen MR) is 144 cm³/mol. The normalized spacial score (nSPS) is 26.3. The quantitative estimate of drug-likeness (QED) is 0.647. The molecule has 192 valence electrons. The molecular formula is C29H39N5O2. The fourth-order valence-electron chi connectivity index (χ4n) is 5.55. The zero-order valence-electron chi connectivity index (χ0n) is 22.0. The molecule has 4 aliphatic rings. The van der Waals surface area contributed by atoms with E-state index >= 15 is 0 Å². The summed E-state index contributed by atoms with van der Waals surface area (Å²) in [5.74, 6) is 1.82. The number of amides is 1. The molecule has 2 atom stereocenters. The highest BCUT2D eigenvalue weighted by Gasteiger charge is 2.32. The van der Waals surface area contributed by atoms with Gasteiger partial charge in [-0.25, -0.2) is 9.78 Å². The van der Waals surface area contributed by atoms with Crippen molar-refractivity contribution in [3.63, 3.8) is 0 Å². The third-order valence-corrected chi connectivity index (χ3v) is 7.65. The van der Waals surface area contributed by atoms with Crippen LogP contribution in [0.15, 0.2) is 53.3 Å². The summed E-state index contributed by atoms with van der Waals surface area (Å²) in [6.07, 6.45) is 17.5. The second-order valence-electron chi connectivity index (χ2n) is 11.7. The average Bonchev–Trinajstić information content (AvgIpc) is 2.83. The van der Waals surface area contributed by atoms with Crippen molar-refractivity contribution in [3.05, 3.63) is 59.5 Å².